The normalized spacial score (nSPS) is 11.8. The molecule has 1 N–H and O–H groups in total. The molecule has 0 aromatic heterocycles. The Hall–Kier alpha value is -1.88. The van der Waals surface area contributed by atoms with Crippen LogP contribution in [0.25, 0.3) is 0 Å². The second-order valence-corrected chi connectivity index (χ2v) is 5.42. The largest absolute Gasteiger partial charge is 0.497 e. The summed E-state index contributed by atoms with van der Waals surface area (Å²) in [4.78, 5) is 12.2. The van der Waals surface area contributed by atoms with Gasteiger partial charge in [0.05, 0.1) is 18.7 Å². The highest BCUT2D eigenvalue weighted by Gasteiger charge is 2.17. The van der Waals surface area contributed by atoms with Crippen LogP contribution in [-0.4, -0.2) is 13.0 Å². The molecule has 2 rings (SSSR count). The molecule has 2 aromatic rings. The van der Waals surface area contributed by atoms with Crippen LogP contribution in [0.4, 0.5) is 4.39 Å². The Kier molecular flexibility index (Phi) is 4.96. The molecule has 0 spiro atoms. The molecule has 0 heterocycles. The zero-order valence-corrected chi connectivity index (χ0v) is 13.3. The highest BCUT2D eigenvalue weighted by molar-refractivity contribution is 9.10. The summed E-state index contributed by atoms with van der Waals surface area (Å²) >= 11 is 3.20. The number of carbonyl (C=O) groups excluding carboxylic acids is 1. The zero-order chi connectivity index (χ0) is 15.4. The number of carbonyl (C=O) groups is 1. The highest BCUT2D eigenvalue weighted by atomic mass is 79.9. The molecule has 1 amide bonds. The monoisotopic (exact) mass is 351 g/mol. The SMILES string of the molecule is COc1ccc(C(C)NC(=O)c2c(F)cccc2Br)cc1. The van der Waals surface area contributed by atoms with Gasteiger partial charge < -0.3 is 10.1 Å². The van der Waals surface area contributed by atoms with E-state index in [9.17, 15) is 9.18 Å². The second-order valence-electron chi connectivity index (χ2n) is 4.56. The third kappa shape index (κ3) is 3.61. The Balaban J connectivity index is 2.15. The molecule has 0 saturated carbocycles. The van der Waals surface area contributed by atoms with Crippen LogP contribution in [0.5, 0.6) is 5.75 Å². The molecule has 21 heavy (non-hydrogen) atoms. The molecule has 0 fully saturated rings. The van der Waals surface area contributed by atoms with Crippen LogP contribution in [-0.2, 0) is 0 Å². The minimum Gasteiger partial charge on any atom is -0.497 e. The van der Waals surface area contributed by atoms with E-state index in [1.165, 1.54) is 6.07 Å². The highest BCUT2D eigenvalue weighted by Crippen LogP contribution is 2.22. The molecule has 0 aliphatic rings. The van der Waals surface area contributed by atoms with Gasteiger partial charge in [-0.2, -0.15) is 0 Å². The van der Waals surface area contributed by atoms with Crippen LogP contribution in [0.15, 0.2) is 46.9 Å². The second kappa shape index (κ2) is 6.72. The molecular weight excluding hydrogens is 337 g/mol. The summed E-state index contributed by atoms with van der Waals surface area (Å²) in [5, 5.41) is 2.78. The number of hydrogen-bond acceptors (Lipinski definition) is 2. The molecular formula is C16H15BrFNO2. The topological polar surface area (TPSA) is 38.3 Å². The van der Waals surface area contributed by atoms with E-state index in [-0.39, 0.29) is 11.6 Å². The number of ether oxygens (including phenoxy) is 1. The van der Waals surface area contributed by atoms with Gasteiger partial charge >= 0.3 is 0 Å². The summed E-state index contributed by atoms with van der Waals surface area (Å²) in [5.74, 6) is -0.263. The van der Waals surface area contributed by atoms with Crippen LogP contribution in [0.1, 0.15) is 28.9 Å². The number of hydrogen-bond donors (Lipinski definition) is 1. The van der Waals surface area contributed by atoms with Crippen LogP contribution in [0.2, 0.25) is 0 Å². The van der Waals surface area contributed by atoms with Crippen molar-refractivity contribution in [1.29, 1.82) is 0 Å². The Morgan fingerprint density at radius 3 is 2.48 bits per heavy atom. The maximum Gasteiger partial charge on any atom is 0.255 e. The van der Waals surface area contributed by atoms with E-state index in [1.807, 2.05) is 31.2 Å². The van der Waals surface area contributed by atoms with Crippen molar-refractivity contribution in [3.63, 3.8) is 0 Å². The number of halogens is 2. The molecule has 2 aromatic carbocycles. The van der Waals surface area contributed by atoms with Crippen molar-refractivity contribution in [3.05, 3.63) is 63.9 Å². The lowest BCUT2D eigenvalue weighted by Crippen LogP contribution is -2.27. The third-order valence-electron chi connectivity index (χ3n) is 3.15. The number of methoxy groups -OCH3 is 1. The lowest BCUT2D eigenvalue weighted by Gasteiger charge is -2.15. The van der Waals surface area contributed by atoms with Gasteiger partial charge in [0.25, 0.3) is 5.91 Å². The fraction of sp³-hybridized carbons (Fsp3) is 0.188. The van der Waals surface area contributed by atoms with Gasteiger partial charge in [-0.15, -0.1) is 0 Å². The summed E-state index contributed by atoms with van der Waals surface area (Å²) in [7, 11) is 1.59. The average Bonchev–Trinajstić information content (AvgIpc) is 2.47. The first-order chi connectivity index (χ1) is 10.0. The Bertz CT molecular complexity index is 623. The molecule has 0 aliphatic heterocycles. The van der Waals surface area contributed by atoms with E-state index in [4.69, 9.17) is 4.74 Å². The van der Waals surface area contributed by atoms with E-state index in [1.54, 1.807) is 19.2 Å². The van der Waals surface area contributed by atoms with Gasteiger partial charge in [-0.05, 0) is 52.7 Å². The van der Waals surface area contributed by atoms with Crippen molar-refractivity contribution in [3.8, 4) is 5.75 Å². The molecule has 3 nitrogen and oxygen atoms in total. The van der Waals surface area contributed by atoms with E-state index in [0.29, 0.717) is 4.47 Å². The Morgan fingerprint density at radius 2 is 1.90 bits per heavy atom. The number of nitrogens with one attached hydrogen (secondary N) is 1. The van der Waals surface area contributed by atoms with Gasteiger partial charge in [0.1, 0.15) is 11.6 Å². The summed E-state index contributed by atoms with van der Waals surface area (Å²) < 4.78 is 19.3. The van der Waals surface area contributed by atoms with E-state index in [2.05, 4.69) is 21.2 Å². The lowest BCUT2D eigenvalue weighted by atomic mass is 10.1. The van der Waals surface area contributed by atoms with Gasteiger partial charge in [-0.1, -0.05) is 18.2 Å². The van der Waals surface area contributed by atoms with Crippen LogP contribution < -0.4 is 10.1 Å². The molecule has 0 aliphatic carbocycles. The predicted octanol–water partition coefficient (Wildman–Crippen LogP) is 4.09. The van der Waals surface area contributed by atoms with E-state index >= 15 is 0 Å². The van der Waals surface area contributed by atoms with Crippen molar-refractivity contribution in [2.75, 3.05) is 7.11 Å². The molecule has 1 atom stereocenters. The molecule has 0 saturated heterocycles. The predicted molar refractivity (Wildman–Crippen MR) is 83.0 cm³/mol. The van der Waals surface area contributed by atoms with Crippen molar-refractivity contribution in [1.82, 2.24) is 5.32 Å². The molecule has 110 valence electrons. The summed E-state index contributed by atoms with van der Waals surface area (Å²) in [6.45, 7) is 1.84. The number of rotatable bonds is 4. The Morgan fingerprint density at radius 1 is 1.24 bits per heavy atom. The van der Waals surface area contributed by atoms with Gasteiger partial charge in [-0.3, -0.25) is 4.79 Å². The fourth-order valence-corrected chi connectivity index (χ4v) is 2.48. The fourth-order valence-electron chi connectivity index (χ4n) is 1.96. The maximum atomic E-state index is 13.7. The van der Waals surface area contributed by atoms with Crippen LogP contribution >= 0.6 is 15.9 Å². The summed E-state index contributed by atoms with van der Waals surface area (Å²) in [6.07, 6.45) is 0. The average molecular weight is 352 g/mol. The zero-order valence-electron chi connectivity index (χ0n) is 11.7. The summed E-state index contributed by atoms with van der Waals surface area (Å²) in [5.41, 5.74) is 0.925. The van der Waals surface area contributed by atoms with Gasteiger partial charge in [0.2, 0.25) is 0 Å². The van der Waals surface area contributed by atoms with E-state index < -0.39 is 11.7 Å². The molecule has 0 radical (unpaired) electrons. The number of benzene rings is 2. The first-order valence-corrected chi connectivity index (χ1v) is 7.21. The van der Waals surface area contributed by atoms with Crippen molar-refractivity contribution >= 4 is 21.8 Å². The van der Waals surface area contributed by atoms with Crippen molar-refractivity contribution < 1.29 is 13.9 Å². The van der Waals surface area contributed by atoms with Crippen LogP contribution in [0.3, 0.4) is 0 Å². The Labute approximate surface area is 131 Å². The van der Waals surface area contributed by atoms with Gasteiger partial charge in [0, 0.05) is 4.47 Å². The van der Waals surface area contributed by atoms with Gasteiger partial charge in [-0.25, -0.2) is 4.39 Å². The third-order valence-corrected chi connectivity index (χ3v) is 3.81. The first-order valence-electron chi connectivity index (χ1n) is 6.41. The van der Waals surface area contributed by atoms with Gasteiger partial charge in [0.15, 0.2) is 0 Å². The summed E-state index contributed by atoms with van der Waals surface area (Å²) in [6, 6.07) is 11.6. The number of amides is 1. The smallest absolute Gasteiger partial charge is 0.255 e. The molecule has 1 unspecified atom stereocenters. The van der Waals surface area contributed by atoms with Crippen LogP contribution in [0, 0.1) is 5.82 Å². The molecule has 5 heteroatoms. The minimum absolute atomic E-state index is 0.0119. The molecule has 0 bridgehead atoms. The first kappa shape index (κ1) is 15.5. The maximum absolute atomic E-state index is 13.7. The van der Waals surface area contributed by atoms with Crippen molar-refractivity contribution in [2.45, 2.75) is 13.0 Å². The van der Waals surface area contributed by atoms with Crippen molar-refractivity contribution in [2.24, 2.45) is 0 Å². The quantitative estimate of drug-likeness (QED) is 0.900. The minimum atomic E-state index is -0.552. The lowest BCUT2D eigenvalue weighted by molar-refractivity contribution is 0.0935. The van der Waals surface area contributed by atoms with E-state index in [0.717, 1.165) is 11.3 Å². The standard InChI is InChI=1S/C16H15BrFNO2/c1-10(11-6-8-12(21-2)9-7-11)19-16(20)15-13(17)4-3-5-14(15)18/h3-10H,1-2H3,(H,19,20).